The lowest BCUT2D eigenvalue weighted by Crippen LogP contribution is -2.73. The molecule has 0 aromatic carbocycles. The normalized spacial score (nSPS) is 50.5. The van der Waals surface area contributed by atoms with Crippen molar-refractivity contribution in [1.82, 2.24) is 5.06 Å². The van der Waals surface area contributed by atoms with Crippen LogP contribution in [0.5, 0.6) is 0 Å². The summed E-state index contributed by atoms with van der Waals surface area (Å²) in [4.78, 5) is 0. The summed E-state index contributed by atoms with van der Waals surface area (Å²) in [7, 11) is 0. The molecule has 2 fully saturated rings. The molecule has 0 radical (unpaired) electrons. The molecule has 5 nitrogen and oxygen atoms in total. The molecule has 0 aromatic heterocycles. The van der Waals surface area contributed by atoms with E-state index in [9.17, 15) is 10.3 Å². The SMILES string of the molecule is CCC1(C)CC2(OCC(C)(CO)CO2)C(C)C(C)(CC)N1O. The summed E-state index contributed by atoms with van der Waals surface area (Å²) < 4.78 is 12.5. The zero-order valence-corrected chi connectivity index (χ0v) is 15.0. The molecule has 0 aliphatic carbocycles. The minimum absolute atomic E-state index is 0.0258. The monoisotopic (exact) mass is 315 g/mol. The zero-order valence-electron chi connectivity index (χ0n) is 15.0. The molecule has 2 aliphatic rings. The Bertz CT molecular complexity index is 407. The highest BCUT2D eigenvalue weighted by atomic mass is 16.7. The molecule has 1 spiro atoms. The van der Waals surface area contributed by atoms with E-state index in [4.69, 9.17) is 9.47 Å². The van der Waals surface area contributed by atoms with Crippen LogP contribution in [0.15, 0.2) is 0 Å². The molecule has 22 heavy (non-hydrogen) atoms. The number of hydrogen-bond acceptors (Lipinski definition) is 5. The second-order valence-corrected chi connectivity index (χ2v) is 8.13. The summed E-state index contributed by atoms with van der Waals surface area (Å²) in [5.74, 6) is -0.665. The van der Waals surface area contributed by atoms with E-state index in [0.717, 1.165) is 12.8 Å². The van der Waals surface area contributed by atoms with Gasteiger partial charge in [0, 0.05) is 23.3 Å². The standard InChI is InChI=1S/C17H33NO4/c1-7-15(5)9-17(13(3)16(6,8-2)18(15)20)21-11-14(4,10-19)12-22-17/h13,19-20H,7-12H2,1-6H3. The molecule has 2 N–H and O–H groups in total. The van der Waals surface area contributed by atoms with Gasteiger partial charge in [0.05, 0.1) is 25.4 Å². The fourth-order valence-corrected chi connectivity index (χ4v) is 3.88. The Hall–Kier alpha value is -0.200. The van der Waals surface area contributed by atoms with Crippen molar-refractivity contribution in [3.05, 3.63) is 0 Å². The fourth-order valence-electron chi connectivity index (χ4n) is 3.88. The first-order chi connectivity index (χ1) is 10.1. The van der Waals surface area contributed by atoms with Crippen LogP contribution in [-0.2, 0) is 9.47 Å². The molecule has 2 heterocycles. The molecule has 3 atom stereocenters. The molecule has 0 saturated carbocycles. The lowest BCUT2D eigenvalue weighted by Gasteiger charge is -2.63. The van der Waals surface area contributed by atoms with Crippen LogP contribution in [-0.4, -0.2) is 52.1 Å². The Kier molecular flexibility index (Phi) is 4.71. The van der Waals surface area contributed by atoms with E-state index in [1.165, 1.54) is 0 Å². The number of hydroxylamine groups is 2. The molecule has 5 heteroatoms. The molecule has 2 rings (SSSR count). The number of ether oxygens (including phenoxy) is 2. The topological polar surface area (TPSA) is 62.2 Å². The van der Waals surface area contributed by atoms with Crippen LogP contribution in [0.2, 0.25) is 0 Å². The highest BCUT2D eigenvalue weighted by Crippen LogP contribution is 2.53. The molecule has 2 saturated heterocycles. The average Bonchev–Trinajstić information content (AvgIpc) is 2.54. The van der Waals surface area contributed by atoms with Crippen LogP contribution in [0.25, 0.3) is 0 Å². The van der Waals surface area contributed by atoms with Gasteiger partial charge in [-0.05, 0) is 26.7 Å². The first kappa shape index (κ1) is 18.1. The van der Waals surface area contributed by atoms with Crippen molar-refractivity contribution in [3.63, 3.8) is 0 Å². The molecule has 0 amide bonds. The van der Waals surface area contributed by atoms with Gasteiger partial charge in [0.15, 0.2) is 5.79 Å². The van der Waals surface area contributed by atoms with Crippen LogP contribution in [0.1, 0.15) is 60.8 Å². The van der Waals surface area contributed by atoms with Gasteiger partial charge in [-0.15, -0.1) is 0 Å². The van der Waals surface area contributed by atoms with Gasteiger partial charge < -0.3 is 19.8 Å². The lowest BCUT2D eigenvalue weighted by atomic mass is 9.67. The van der Waals surface area contributed by atoms with Crippen molar-refractivity contribution in [3.8, 4) is 0 Å². The lowest BCUT2D eigenvalue weighted by molar-refractivity contribution is -0.401. The Balaban J connectivity index is 2.36. The predicted molar refractivity (Wildman–Crippen MR) is 84.6 cm³/mol. The molecule has 0 bridgehead atoms. The van der Waals surface area contributed by atoms with E-state index >= 15 is 0 Å². The third-order valence-corrected chi connectivity index (χ3v) is 6.40. The zero-order chi connectivity index (χ0) is 16.8. The number of hydrogen-bond donors (Lipinski definition) is 2. The van der Waals surface area contributed by atoms with Gasteiger partial charge in [-0.2, -0.15) is 5.06 Å². The second-order valence-electron chi connectivity index (χ2n) is 8.13. The van der Waals surface area contributed by atoms with E-state index in [1.807, 2.05) is 6.92 Å². The van der Waals surface area contributed by atoms with Crippen LogP contribution >= 0.6 is 0 Å². The molecule has 2 aliphatic heterocycles. The number of nitrogens with zero attached hydrogens (tertiary/aromatic N) is 1. The summed E-state index contributed by atoms with van der Waals surface area (Å²) in [6.45, 7) is 13.4. The van der Waals surface area contributed by atoms with E-state index in [2.05, 4.69) is 34.6 Å². The highest BCUT2D eigenvalue weighted by molar-refractivity contribution is 5.08. The summed E-state index contributed by atoms with van der Waals surface area (Å²) in [6.07, 6.45) is 2.26. The molecular weight excluding hydrogens is 282 g/mol. The van der Waals surface area contributed by atoms with Crippen molar-refractivity contribution in [2.24, 2.45) is 11.3 Å². The minimum atomic E-state index is -0.691. The Morgan fingerprint density at radius 2 is 1.64 bits per heavy atom. The third kappa shape index (κ3) is 2.51. The first-order valence-corrected chi connectivity index (χ1v) is 8.49. The van der Waals surface area contributed by atoms with Crippen LogP contribution in [0.3, 0.4) is 0 Å². The smallest absolute Gasteiger partial charge is 0.174 e. The van der Waals surface area contributed by atoms with Crippen molar-refractivity contribution in [1.29, 1.82) is 0 Å². The largest absolute Gasteiger partial charge is 0.396 e. The van der Waals surface area contributed by atoms with Crippen molar-refractivity contribution in [2.75, 3.05) is 19.8 Å². The number of aliphatic hydroxyl groups is 1. The Labute approximate surface area is 134 Å². The fraction of sp³-hybridized carbons (Fsp3) is 1.00. The maximum Gasteiger partial charge on any atom is 0.174 e. The molecule has 3 unspecified atom stereocenters. The van der Waals surface area contributed by atoms with Gasteiger partial charge in [0.25, 0.3) is 0 Å². The van der Waals surface area contributed by atoms with E-state index < -0.39 is 11.3 Å². The van der Waals surface area contributed by atoms with E-state index in [1.54, 1.807) is 5.06 Å². The van der Waals surface area contributed by atoms with Crippen LogP contribution in [0, 0.1) is 11.3 Å². The maximum absolute atomic E-state index is 10.9. The summed E-state index contributed by atoms with van der Waals surface area (Å²) in [5.41, 5.74) is -1.13. The minimum Gasteiger partial charge on any atom is -0.396 e. The Morgan fingerprint density at radius 1 is 1.09 bits per heavy atom. The van der Waals surface area contributed by atoms with Gasteiger partial charge in [-0.25, -0.2) is 0 Å². The summed E-state index contributed by atoms with van der Waals surface area (Å²) >= 11 is 0. The van der Waals surface area contributed by atoms with Crippen LogP contribution < -0.4 is 0 Å². The van der Waals surface area contributed by atoms with E-state index in [-0.39, 0.29) is 23.5 Å². The van der Waals surface area contributed by atoms with Crippen molar-refractivity contribution in [2.45, 2.75) is 77.7 Å². The Morgan fingerprint density at radius 3 is 2.05 bits per heavy atom. The van der Waals surface area contributed by atoms with Crippen molar-refractivity contribution >= 4 is 0 Å². The van der Waals surface area contributed by atoms with Crippen molar-refractivity contribution < 1.29 is 19.8 Å². The second kappa shape index (κ2) is 5.71. The molecular formula is C17H33NO4. The highest BCUT2D eigenvalue weighted by Gasteiger charge is 2.62. The van der Waals surface area contributed by atoms with Gasteiger partial charge in [-0.3, -0.25) is 0 Å². The van der Waals surface area contributed by atoms with Gasteiger partial charge in [0.2, 0.25) is 0 Å². The quantitative estimate of drug-likeness (QED) is 0.838. The van der Waals surface area contributed by atoms with E-state index in [0.29, 0.717) is 19.6 Å². The number of piperidine rings is 1. The maximum atomic E-state index is 10.9. The average molecular weight is 315 g/mol. The number of rotatable bonds is 3. The van der Waals surface area contributed by atoms with Gasteiger partial charge in [-0.1, -0.05) is 27.7 Å². The van der Waals surface area contributed by atoms with Gasteiger partial charge >= 0.3 is 0 Å². The first-order valence-electron chi connectivity index (χ1n) is 8.49. The van der Waals surface area contributed by atoms with Gasteiger partial charge in [0.1, 0.15) is 0 Å². The summed E-state index contributed by atoms with van der Waals surface area (Å²) in [5, 5.41) is 21.9. The van der Waals surface area contributed by atoms with Crippen LogP contribution in [0.4, 0.5) is 0 Å². The third-order valence-electron chi connectivity index (χ3n) is 6.40. The molecule has 0 aromatic rings. The predicted octanol–water partition coefficient (Wildman–Crippen LogP) is 2.80. The summed E-state index contributed by atoms with van der Waals surface area (Å²) in [6, 6.07) is 0. The number of aliphatic hydroxyl groups excluding tert-OH is 1. The molecule has 130 valence electrons.